The summed E-state index contributed by atoms with van der Waals surface area (Å²) < 4.78 is 5.84. The number of carbonyl (C=O) groups is 1. The monoisotopic (exact) mass is 257 g/mol. The number of fused-ring (bicyclic) bond motifs is 2. The first-order valence-electron chi connectivity index (χ1n) is 7.32. The minimum absolute atomic E-state index is 0.109. The Morgan fingerprint density at radius 3 is 2.79 bits per heavy atom. The van der Waals surface area contributed by atoms with Gasteiger partial charge in [0.25, 0.3) is 0 Å². The Balaban J connectivity index is 1.28. The van der Waals surface area contributed by atoms with E-state index in [1.165, 1.54) is 12.0 Å². The van der Waals surface area contributed by atoms with Crippen LogP contribution < -0.4 is 10.1 Å². The number of rotatable bonds is 3. The predicted octanol–water partition coefficient (Wildman–Crippen LogP) is 2.15. The number of hydrogen-bond acceptors (Lipinski definition) is 2. The Labute approximate surface area is 113 Å². The highest BCUT2D eigenvalue weighted by molar-refractivity contribution is 5.79. The lowest BCUT2D eigenvalue weighted by atomic mass is 10.0. The Bertz CT molecular complexity index is 478. The third-order valence-corrected chi connectivity index (χ3v) is 4.83. The molecule has 3 aliphatic rings. The fourth-order valence-electron chi connectivity index (χ4n) is 3.66. The van der Waals surface area contributed by atoms with Gasteiger partial charge in [0.05, 0.1) is 6.54 Å². The maximum Gasteiger partial charge on any atom is 0.223 e. The van der Waals surface area contributed by atoms with E-state index in [2.05, 4.69) is 11.4 Å². The zero-order valence-corrected chi connectivity index (χ0v) is 11.0. The van der Waals surface area contributed by atoms with Crippen LogP contribution in [0.3, 0.4) is 0 Å². The second-order valence-corrected chi connectivity index (χ2v) is 6.22. The predicted molar refractivity (Wildman–Crippen MR) is 71.9 cm³/mol. The molecule has 0 saturated heterocycles. The Hall–Kier alpha value is -1.51. The molecule has 3 heteroatoms. The minimum atomic E-state index is 0.109. The summed E-state index contributed by atoms with van der Waals surface area (Å²) in [5.74, 6) is 3.22. The van der Waals surface area contributed by atoms with Crippen molar-refractivity contribution in [3.63, 3.8) is 0 Å². The number of hydrogen-bond donors (Lipinski definition) is 1. The molecule has 1 N–H and O–H groups in total. The summed E-state index contributed by atoms with van der Waals surface area (Å²) in [5.41, 5.74) is 1.25. The van der Waals surface area contributed by atoms with E-state index in [1.807, 2.05) is 18.2 Å². The van der Waals surface area contributed by atoms with Crippen LogP contribution in [0, 0.1) is 17.8 Å². The van der Waals surface area contributed by atoms with Gasteiger partial charge in [-0.1, -0.05) is 18.2 Å². The number of ether oxygens (including phenoxy) is 1. The van der Waals surface area contributed by atoms with Gasteiger partial charge in [0.15, 0.2) is 0 Å². The van der Waals surface area contributed by atoms with Gasteiger partial charge >= 0.3 is 0 Å². The molecule has 3 unspecified atom stereocenters. The number of benzene rings is 1. The van der Waals surface area contributed by atoms with Crippen LogP contribution in [0.4, 0.5) is 0 Å². The van der Waals surface area contributed by atoms with E-state index in [1.54, 1.807) is 0 Å². The Morgan fingerprint density at radius 2 is 2.00 bits per heavy atom. The van der Waals surface area contributed by atoms with Gasteiger partial charge < -0.3 is 10.1 Å². The summed E-state index contributed by atoms with van der Waals surface area (Å²) in [6, 6.07) is 8.13. The highest BCUT2D eigenvalue weighted by atomic mass is 16.5. The van der Waals surface area contributed by atoms with E-state index >= 15 is 0 Å². The maximum atomic E-state index is 12.1. The van der Waals surface area contributed by atoms with Gasteiger partial charge in [-0.2, -0.15) is 0 Å². The van der Waals surface area contributed by atoms with Crippen LogP contribution in [0.15, 0.2) is 24.3 Å². The lowest BCUT2D eigenvalue weighted by Gasteiger charge is -2.15. The molecule has 1 heterocycles. The summed E-state index contributed by atoms with van der Waals surface area (Å²) >= 11 is 0. The molecule has 0 bridgehead atoms. The summed E-state index contributed by atoms with van der Waals surface area (Å²) in [6.07, 6.45) is 4.61. The molecular weight excluding hydrogens is 238 g/mol. The number of carbonyl (C=O) groups excluding carboxylic acids is 1. The van der Waals surface area contributed by atoms with Gasteiger partial charge in [-0.3, -0.25) is 4.79 Å². The molecule has 4 rings (SSSR count). The maximum absolute atomic E-state index is 12.1. The SMILES string of the molecule is O=C(NCC1Cc2ccccc2O1)C1CC2CC2C1. The average molecular weight is 257 g/mol. The van der Waals surface area contributed by atoms with Crippen molar-refractivity contribution >= 4 is 5.91 Å². The van der Waals surface area contributed by atoms with Crippen molar-refractivity contribution < 1.29 is 9.53 Å². The molecule has 19 heavy (non-hydrogen) atoms. The van der Waals surface area contributed by atoms with E-state index in [0.29, 0.717) is 6.54 Å². The van der Waals surface area contributed by atoms with Crippen LogP contribution in [0.2, 0.25) is 0 Å². The lowest BCUT2D eigenvalue weighted by molar-refractivity contribution is -0.125. The van der Waals surface area contributed by atoms with Crippen LogP contribution in [-0.4, -0.2) is 18.6 Å². The molecule has 1 aromatic carbocycles. The van der Waals surface area contributed by atoms with Crippen LogP contribution in [0.1, 0.15) is 24.8 Å². The molecule has 100 valence electrons. The molecule has 1 amide bonds. The molecule has 0 radical (unpaired) electrons. The molecule has 2 fully saturated rings. The Morgan fingerprint density at radius 1 is 1.21 bits per heavy atom. The molecular formula is C16H19NO2. The van der Waals surface area contributed by atoms with E-state index in [0.717, 1.165) is 36.8 Å². The molecule has 1 aliphatic heterocycles. The zero-order chi connectivity index (χ0) is 12.8. The summed E-state index contributed by atoms with van der Waals surface area (Å²) in [5, 5.41) is 3.08. The lowest BCUT2D eigenvalue weighted by Crippen LogP contribution is -2.37. The molecule has 0 spiro atoms. The fraction of sp³-hybridized carbons (Fsp3) is 0.562. The van der Waals surface area contributed by atoms with Crippen molar-refractivity contribution in [2.24, 2.45) is 17.8 Å². The zero-order valence-electron chi connectivity index (χ0n) is 11.0. The van der Waals surface area contributed by atoms with Crippen molar-refractivity contribution in [2.45, 2.75) is 31.8 Å². The van der Waals surface area contributed by atoms with Gasteiger partial charge in [-0.15, -0.1) is 0 Å². The van der Waals surface area contributed by atoms with Gasteiger partial charge in [0, 0.05) is 12.3 Å². The van der Waals surface area contributed by atoms with Crippen LogP contribution in [0.5, 0.6) is 5.75 Å². The average Bonchev–Trinajstić information content (AvgIpc) is 2.89. The quantitative estimate of drug-likeness (QED) is 0.901. The van der Waals surface area contributed by atoms with Crippen LogP contribution in [-0.2, 0) is 11.2 Å². The van der Waals surface area contributed by atoms with E-state index in [9.17, 15) is 4.79 Å². The second-order valence-electron chi connectivity index (χ2n) is 6.22. The normalized spacial score (nSPS) is 34.3. The topological polar surface area (TPSA) is 38.3 Å². The highest BCUT2D eigenvalue weighted by Gasteiger charge is 2.48. The first-order valence-corrected chi connectivity index (χ1v) is 7.32. The van der Waals surface area contributed by atoms with E-state index in [4.69, 9.17) is 4.74 Å². The van der Waals surface area contributed by atoms with Crippen molar-refractivity contribution in [1.82, 2.24) is 5.32 Å². The van der Waals surface area contributed by atoms with Crippen molar-refractivity contribution in [1.29, 1.82) is 0 Å². The van der Waals surface area contributed by atoms with Crippen molar-refractivity contribution in [2.75, 3.05) is 6.54 Å². The number of para-hydroxylation sites is 1. The molecule has 2 aliphatic carbocycles. The third-order valence-electron chi connectivity index (χ3n) is 4.83. The van der Waals surface area contributed by atoms with Crippen LogP contribution >= 0.6 is 0 Å². The Kier molecular flexibility index (Phi) is 2.54. The van der Waals surface area contributed by atoms with E-state index < -0.39 is 0 Å². The van der Waals surface area contributed by atoms with Crippen molar-refractivity contribution in [3.8, 4) is 5.75 Å². The van der Waals surface area contributed by atoms with Crippen molar-refractivity contribution in [3.05, 3.63) is 29.8 Å². The number of nitrogens with one attached hydrogen (secondary N) is 1. The standard InChI is InChI=1S/C16H19NO2/c18-16(13-6-11-5-12(11)7-13)17-9-14-8-10-3-1-2-4-15(10)19-14/h1-4,11-14H,5-9H2,(H,17,18). The van der Waals surface area contributed by atoms with Gasteiger partial charge in [0.1, 0.15) is 11.9 Å². The minimum Gasteiger partial charge on any atom is -0.488 e. The van der Waals surface area contributed by atoms with Gasteiger partial charge in [-0.05, 0) is 42.7 Å². The summed E-state index contributed by atoms with van der Waals surface area (Å²) in [6.45, 7) is 0.638. The second kappa shape index (κ2) is 4.26. The van der Waals surface area contributed by atoms with Gasteiger partial charge in [-0.25, -0.2) is 0 Å². The summed E-state index contributed by atoms with van der Waals surface area (Å²) in [7, 11) is 0. The molecule has 2 saturated carbocycles. The first-order chi connectivity index (χ1) is 9.29. The highest BCUT2D eigenvalue weighted by Crippen LogP contribution is 2.54. The molecule has 3 atom stereocenters. The summed E-state index contributed by atoms with van der Waals surface area (Å²) in [4.78, 5) is 12.1. The smallest absolute Gasteiger partial charge is 0.223 e. The fourth-order valence-corrected chi connectivity index (χ4v) is 3.66. The molecule has 3 nitrogen and oxygen atoms in total. The number of amides is 1. The largest absolute Gasteiger partial charge is 0.488 e. The molecule has 1 aromatic rings. The van der Waals surface area contributed by atoms with Gasteiger partial charge in [0.2, 0.25) is 5.91 Å². The van der Waals surface area contributed by atoms with Crippen LogP contribution in [0.25, 0.3) is 0 Å². The molecule has 0 aromatic heterocycles. The first kappa shape index (κ1) is 11.3. The third kappa shape index (κ3) is 2.11. The van der Waals surface area contributed by atoms with E-state index in [-0.39, 0.29) is 17.9 Å².